The fourth-order valence-electron chi connectivity index (χ4n) is 4.66. The highest BCUT2D eigenvalue weighted by Gasteiger charge is 2.32. The number of aryl methyl sites for hydroxylation is 2. The zero-order valence-electron chi connectivity index (χ0n) is 15.9. The summed E-state index contributed by atoms with van der Waals surface area (Å²) in [6, 6.07) is 6.25. The van der Waals surface area contributed by atoms with Crippen molar-refractivity contribution < 1.29 is 5.11 Å². The number of rotatable bonds is 3. The second kappa shape index (κ2) is 6.22. The van der Waals surface area contributed by atoms with Crippen LogP contribution in [0.25, 0.3) is 22.9 Å². The first-order valence-electron chi connectivity index (χ1n) is 10.0. The van der Waals surface area contributed by atoms with Crippen molar-refractivity contribution in [2.75, 3.05) is 0 Å². The molecule has 0 radical (unpaired) electrons. The molecular weight excluding hydrogens is 338 g/mol. The van der Waals surface area contributed by atoms with Crippen LogP contribution in [0.4, 0.5) is 0 Å². The van der Waals surface area contributed by atoms with E-state index >= 15 is 0 Å². The largest absolute Gasteiger partial charge is 0.507 e. The summed E-state index contributed by atoms with van der Waals surface area (Å²) in [5.74, 6) is 1.93. The van der Waals surface area contributed by atoms with E-state index in [2.05, 4.69) is 26.4 Å². The number of hydrogen-bond donors (Lipinski definition) is 1. The Morgan fingerprint density at radius 1 is 1.15 bits per heavy atom. The van der Waals surface area contributed by atoms with Gasteiger partial charge in [-0.3, -0.25) is 4.68 Å². The van der Waals surface area contributed by atoms with Gasteiger partial charge in [-0.15, -0.1) is 10.2 Å². The lowest BCUT2D eigenvalue weighted by Gasteiger charge is -2.20. The molecule has 1 saturated carbocycles. The zero-order chi connectivity index (χ0) is 18.5. The van der Waals surface area contributed by atoms with Crippen LogP contribution in [0, 0.1) is 6.92 Å². The summed E-state index contributed by atoms with van der Waals surface area (Å²) in [6.45, 7) is 4.91. The predicted molar refractivity (Wildman–Crippen MR) is 104 cm³/mol. The first kappa shape index (κ1) is 16.5. The molecule has 5 rings (SSSR count). The summed E-state index contributed by atoms with van der Waals surface area (Å²) in [6.07, 6.45) is 6.82. The molecule has 6 heteroatoms. The van der Waals surface area contributed by atoms with E-state index in [0.717, 1.165) is 47.9 Å². The van der Waals surface area contributed by atoms with Crippen molar-refractivity contribution in [2.24, 2.45) is 0 Å². The Morgan fingerprint density at radius 3 is 2.70 bits per heavy atom. The van der Waals surface area contributed by atoms with Crippen LogP contribution >= 0.6 is 0 Å². The number of para-hydroxylation sites is 1. The molecule has 3 aromatic rings. The van der Waals surface area contributed by atoms with E-state index in [1.54, 1.807) is 0 Å². The van der Waals surface area contributed by atoms with E-state index in [0.29, 0.717) is 6.04 Å². The SMILES string of the molecule is CCc1nn(C2CCCC2)c2c1CCn1c(-c3cccc(C)c3O)nnc1-2. The van der Waals surface area contributed by atoms with E-state index in [1.807, 2.05) is 25.1 Å². The molecule has 0 spiro atoms. The van der Waals surface area contributed by atoms with Crippen molar-refractivity contribution >= 4 is 0 Å². The third-order valence-corrected chi connectivity index (χ3v) is 6.12. The van der Waals surface area contributed by atoms with Gasteiger partial charge in [0.1, 0.15) is 11.4 Å². The third kappa shape index (κ3) is 2.42. The highest BCUT2D eigenvalue weighted by molar-refractivity contribution is 5.70. The number of fused-ring (bicyclic) bond motifs is 3. The standard InChI is InChI=1S/C21H25N5O/c1-3-17-15-11-12-25-20(16-10-6-7-13(2)19(16)27)22-23-21(25)18(15)26(24-17)14-8-4-5-9-14/h6-7,10,14,27H,3-5,8-9,11-12H2,1-2H3. The Morgan fingerprint density at radius 2 is 1.93 bits per heavy atom. The maximum Gasteiger partial charge on any atom is 0.182 e. The molecule has 0 bridgehead atoms. The fraction of sp³-hybridized carbons (Fsp3) is 0.476. The smallest absolute Gasteiger partial charge is 0.182 e. The molecule has 1 N–H and O–H groups in total. The first-order valence-corrected chi connectivity index (χ1v) is 10.0. The summed E-state index contributed by atoms with van der Waals surface area (Å²) >= 11 is 0. The van der Waals surface area contributed by atoms with Crippen molar-refractivity contribution in [3.05, 3.63) is 35.0 Å². The van der Waals surface area contributed by atoms with E-state index in [4.69, 9.17) is 5.10 Å². The lowest BCUT2D eigenvalue weighted by Crippen LogP contribution is -2.16. The summed E-state index contributed by atoms with van der Waals surface area (Å²) in [7, 11) is 0. The number of benzene rings is 1. The highest BCUT2D eigenvalue weighted by Crippen LogP contribution is 2.40. The molecule has 0 atom stereocenters. The van der Waals surface area contributed by atoms with Gasteiger partial charge in [0, 0.05) is 12.1 Å². The van der Waals surface area contributed by atoms with Gasteiger partial charge < -0.3 is 9.67 Å². The zero-order valence-corrected chi connectivity index (χ0v) is 15.9. The van der Waals surface area contributed by atoms with E-state index in [-0.39, 0.29) is 5.75 Å². The number of nitrogens with zero attached hydrogens (tertiary/aromatic N) is 5. The third-order valence-electron chi connectivity index (χ3n) is 6.12. The Balaban J connectivity index is 1.68. The number of aromatic hydroxyl groups is 1. The second-order valence-electron chi connectivity index (χ2n) is 7.73. The van der Waals surface area contributed by atoms with Crippen LogP contribution in [0.15, 0.2) is 18.2 Å². The lowest BCUT2D eigenvalue weighted by molar-refractivity contribution is 0.464. The monoisotopic (exact) mass is 363 g/mol. The molecule has 27 heavy (non-hydrogen) atoms. The van der Waals surface area contributed by atoms with Crippen LogP contribution in [0.5, 0.6) is 5.75 Å². The minimum Gasteiger partial charge on any atom is -0.507 e. The number of aromatic nitrogens is 5. The molecule has 0 unspecified atom stereocenters. The Labute approximate surface area is 158 Å². The van der Waals surface area contributed by atoms with E-state index in [9.17, 15) is 5.11 Å². The van der Waals surface area contributed by atoms with Gasteiger partial charge in [0.2, 0.25) is 0 Å². The van der Waals surface area contributed by atoms with Gasteiger partial charge in [0.15, 0.2) is 11.6 Å². The van der Waals surface area contributed by atoms with Crippen molar-refractivity contribution in [2.45, 2.75) is 65.0 Å². The van der Waals surface area contributed by atoms with Crippen molar-refractivity contribution in [1.29, 1.82) is 0 Å². The Hall–Kier alpha value is -2.63. The van der Waals surface area contributed by atoms with Crippen LogP contribution in [-0.4, -0.2) is 29.7 Å². The minimum absolute atomic E-state index is 0.289. The maximum atomic E-state index is 10.5. The fourth-order valence-corrected chi connectivity index (χ4v) is 4.66. The Kier molecular flexibility index (Phi) is 3.81. The molecule has 1 aromatic carbocycles. The summed E-state index contributed by atoms with van der Waals surface area (Å²) in [5, 5.41) is 24.6. The van der Waals surface area contributed by atoms with Crippen LogP contribution < -0.4 is 0 Å². The number of phenolic OH excluding ortho intramolecular Hbond substituents is 1. The van der Waals surface area contributed by atoms with Gasteiger partial charge in [0.25, 0.3) is 0 Å². The highest BCUT2D eigenvalue weighted by atomic mass is 16.3. The average molecular weight is 363 g/mol. The molecule has 2 aromatic heterocycles. The van der Waals surface area contributed by atoms with Crippen LogP contribution in [-0.2, 0) is 19.4 Å². The predicted octanol–water partition coefficient (Wildman–Crippen LogP) is 4.06. The number of hydrogen-bond acceptors (Lipinski definition) is 4. The van der Waals surface area contributed by atoms with Gasteiger partial charge >= 0.3 is 0 Å². The van der Waals surface area contributed by atoms with Crippen LogP contribution in [0.1, 0.15) is 55.5 Å². The second-order valence-corrected chi connectivity index (χ2v) is 7.73. The number of phenols is 1. The summed E-state index contributed by atoms with van der Waals surface area (Å²) < 4.78 is 4.39. The van der Waals surface area contributed by atoms with Crippen molar-refractivity contribution in [1.82, 2.24) is 24.5 Å². The van der Waals surface area contributed by atoms with Gasteiger partial charge in [-0.2, -0.15) is 5.10 Å². The topological polar surface area (TPSA) is 68.8 Å². The lowest BCUT2D eigenvalue weighted by atomic mass is 10.0. The van der Waals surface area contributed by atoms with E-state index in [1.165, 1.54) is 36.9 Å². The van der Waals surface area contributed by atoms with Crippen molar-refractivity contribution in [3.8, 4) is 28.7 Å². The van der Waals surface area contributed by atoms with E-state index < -0.39 is 0 Å². The molecule has 0 saturated heterocycles. The molecule has 3 heterocycles. The average Bonchev–Trinajstić information content (AvgIpc) is 3.40. The quantitative estimate of drug-likeness (QED) is 0.762. The van der Waals surface area contributed by atoms with Gasteiger partial charge in [-0.05, 0) is 44.2 Å². The van der Waals surface area contributed by atoms with Crippen LogP contribution in [0.3, 0.4) is 0 Å². The minimum atomic E-state index is 0.289. The van der Waals surface area contributed by atoms with Gasteiger partial charge in [0.05, 0.1) is 17.3 Å². The van der Waals surface area contributed by atoms with Crippen molar-refractivity contribution in [3.63, 3.8) is 0 Å². The molecule has 2 aliphatic rings. The molecule has 140 valence electrons. The van der Waals surface area contributed by atoms with Gasteiger partial charge in [-0.25, -0.2) is 0 Å². The van der Waals surface area contributed by atoms with Crippen LogP contribution in [0.2, 0.25) is 0 Å². The molecule has 1 fully saturated rings. The normalized spacial score (nSPS) is 16.5. The molecule has 1 aliphatic heterocycles. The molecule has 6 nitrogen and oxygen atoms in total. The molecular formula is C21H25N5O. The Bertz CT molecular complexity index is 1010. The maximum absolute atomic E-state index is 10.5. The summed E-state index contributed by atoms with van der Waals surface area (Å²) in [5.41, 5.74) is 5.29. The van der Waals surface area contributed by atoms with Gasteiger partial charge in [-0.1, -0.05) is 31.9 Å². The summed E-state index contributed by atoms with van der Waals surface area (Å²) in [4.78, 5) is 0. The molecule has 1 aliphatic carbocycles. The molecule has 0 amide bonds. The first-order chi connectivity index (χ1) is 13.2.